The fourth-order valence-electron chi connectivity index (χ4n) is 5.03. The highest BCUT2D eigenvalue weighted by Crippen LogP contribution is 2.49. The van der Waals surface area contributed by atoms with Crippen LogP contribution in [0, 0.1) is 0 Å². The second kappa shape index (κ2) is 6.73. The summed E-state index contributed by atoms with van der Waals surface area (Å²) >= 11 is 0. The smallest absolute Gasteiger partial charge is 0.231 e. The number of ether oxygens (including phenoxy) is 4. The van der Waals surface area contributed by atoms with Crippen molar-refractivity contribution in [1.29, 1.82) is 0 Å². The zero-order valence-corrected chi connectivity index (χ0v) is 16.7. The summed E-state index contributed by atoms with van der Waals surface area (Å²) in [4.78, 5) is 0. The van der Waals surface area contributed by atoms with Crippen LogP contribution in [0.2, 0.25) is 0 Å². The summed E-state index contributed by atoms with van der Waals surface area (Å²) in [5, 5.41) is 0. The van der Waals surface area contributed by atoms with Crippen LogP contribution in [0.15, 0.2) is 24.3 Å². The van der Waals surface area contributed by atoms with Crippen molar-refractivity contribution >= 4 is 6.21 Å². The normalized spacial score (nSPS) is 21.3. The molecule has 0 spiro atoms. The molecule has 3 heterocycles. The lowest BCUT2D eigenvalue weighted by molar-refractivity contribution is -0.578. The van der Waals surface area contributed by atoms with Crippen molar-refractivity contribution in [3.05, 3.63) is 46.5 Å². The van der Waals surface area contributed by atoms with E-state index < -0.39 is 0 Å². The van der Waals surface area contributed by atoms with Gasteiger partial charge in [-0.2, -0.15) is 0 Å². The Hall–Kier alpha value is -2.69. The van der Waals surface area contributed by atoms with Crippen LogP contribution in [0.5, 0.6) is 23.0 Å². The molecule has 146 valence electrons. The standard InChI is InChI=1S/C23H26NO4/c1-4-5-16-15-6-7-19(25-2)23(26-3)18(15)12-24-9-8-14-10-20-21(28-13-27-20)11-17(14)22(16)24/h6-7,10-12,16,22H,4-5,8-9,13H2,1-3H3/q+1. The van der Waals surface area contributed by atoms with E-state index in [-0.39, 0.29) is 0 Å². The summed E-state index contributed by atoms with van der Waals surface area (Å²) in [5.41, 5.74) is 5.24. The van der Waals surface area contributed by atoms with Crippen LogP contribution in [0.25, 0.3) is 0 Å². The van der Waals surface area contributed by atoms with Crippen LogP contribution in [0.3, 0.4) is 0 Å². The third kappa shape index (κ3) is 2.49. The molecule has 0 radical (unpaired) electrons. The Morgan fingerprint density at radius 3 is 2.64 bits per heavy atom. The molecular formula is C23H26NO4+. The topological polar surface area (TPSA) is 39.9 Å². The molecule has 0 aromatic heterocycles. The third-order valence-electron chi connectivity index (χ3n) is 6.24. The average Bonchev–Trinajstić information content (AvgIpc) is 3.18. The van der Waals surface area contributed by atoms with E-state index in [0.717, 1.165) is 54.4 Å². The van der Waals surface area contributed by atoms with Crippen LogP contribution in [0.4, 0.5) is 0 Å². The van der Waals surface area contributed by atoms with Gasteiger partial charge in [-0.05, 0) is 35.7 Å². The maximum Gasteiger partial charge on any atom is 0.231 e. The first-order valence-corrected chi connectivity index (χ1v) is 10.0. The zero-order valence-electron chi connectivity index (χ0n) is 16.7. The summed E-state index contributed by atoms with van der Waals surface area (Å²) in [7, 11) is 3.41. The highest BCUT2D eigenvalue weighted by Gasteiger charge is 2.43. The maximum absolute atomic E-state index is 5.75. The van der Waals surface area contributed by atoms with Gasteiger partial charge >= 0.3 is 0 Å². The average molecular weight is 380 g/mol. The van der Waals surface area contributed by atoms with Crippen molar-refractivity contribution in [3.8, 4) is 23.0 Å². The molecule has 0 saturated carbocycles. The fourth-order valence-corrected chi connectivity index (χ4v) is 5.03. The largest absolute Gasteiger partial charge is 0.493 e. The summed E-state index contributed by atoms with van der Waals surface area (Å²) in [5.74, 6) is 3.76. The minimum atomic E-state index is 0.309. The van der Waals surface area contributed by atoms with Gasteiger partial charge in [-0.1, -0.05) is 19.4 Å². The molecule has 2 unspecified atom stereocenters. The fraction of sp³-hybridized carbons (Fsp3) is 0.435. The van der Waals surface area contributed by atoms with E-state index in [1.54, 1.807) is 14.2 Å². The van der Waals surface area contributed by atoms with Crippen molar-refractivity contribution < 1.29 is 23.5 Å². The number of methoxy groups -OCH3 is 2. The van der Waals surface area contributed by atoms with Crippen LogP contribution in [0.1, 0.15) is 54.0 Å². The molecule has 0 N–H and O–H groups in total. The predicted octanol–water partition coefficient (Wildman–Crippen LogP) is 4.06. The van der Waals surface area contributed by atoms with E-state index >= 15 is 0 Å². The highest BCUT2D eigenvalue weighted by molar-refractivity contribution is 5.86. The zero-order chi connectivity index (χ0) is 19.3. The molecule has 3 aliphatic rings. The molecule has 0 amide bonds. The SMILES string of the molecule is CCCC1c2ccc(OC)c(OC)c2C=[N+]2CCc3cc4c(cc3C12)OCO4. The predicted molar refractivity (Wildman–Crippen MR) is 106 cm³/mol. The van der Waals surface area contributed by atoms with Gasteiger partial charge in [0, 0.05) is 12.0 Å². The van der Waals surface area contributed by atoms with Crippen molar-refractivity contribution in [2.45, 2.75) is 38.1 Å². The lowest BCUT2D eigenvalue weighted by atomic mass is 9.76. The van der Waals surface area contributed by atoms with Gasteiger partial charge in [-0.3, -0.25) is 0 Å². The number of rotatable bonds is 4. The Balaban J connectivity index is 1.69. The number of hydrogen-bond donors (Lipinski definition) is 0. The van der Waals surface area contributed by atoms with Gasteiger partial charge in [-0.25, -0.2) is 4.58 Å². The van der Waals surface area contributed by atoms with Crippen molar-refractivity contribution in [3.63, 3.8) is 0 Å². The maximum atomic E-state index is 5.75. The molecule has 0 fully saturated rings. The minimum absolute atomic E-state index is 0.309. The number of fused-ring (bicyclic) bond motifs is 5. The second-order valence-electron chi connectivity index (χ2n) is 7.67. The van der Waals surface area contributed by atoms with Gasteiger partial charge in [0.25, 0.3) is 0 Å². The number of benzene rings is 2. The quantitative estimate of drug-likeness (QED) is 0.750. The van der Waals surface area contributed by atoms with Gasteiger partial charge < -0.3 is 18.9 Å². The first kappa shape index (κ1) is 17.4. The molecule has 2 aromatic rings. The molecule has 3 aliphatic heterocycles. The van der Waals surface area contributed by atoms with E-state index in [2.05, 4.69) is 35.9 Å². The number of hydrogen-bond acceptors (Lipinski definition) is 4. The summed E-state index contributed by atoms with van der Waals surface area (Å²) in [6, 6.07) is 8.95. The van der Waals surface area contributed by atoms with Gasteiger partial charge in [0.15, 0.2) is 35.3 Å². The Labute approximate surface area is 165 Å². The first-order valence-electron chi connectivity index (χ1n) is 10.0. The molecule has 5 rings (SSSR count). The molecule has 0 saturated heterocycles. The van der Waals surface area contributed by atoms with Gasteiger partial charge in [-0.15, -0.1) is 0 Å². The van der Waals surface area contributed by atoms with Crippen molar-refractivity contribution in [2.75, 3.05) is 27.6 Å². The van der Waals surface area contributed by atoms with Gasteiger partial charge in [0.2, 0.25) is 6.79 Å². The first-order chi connectivity index (χ1) is 13.7. The molecular weight excluding hydrogens is 354 g/mol. The van der Waals surface area contributed by atoms with E-state index in [0.29, 0.717) is 18.8 Å². The van der Waals surface area contributed by atoms with Gasteiger partial charge in [0.05, 0.1) is 25.7 Å². The van der Waals surface area contributed by atoms with Crippen LogP contribution in [-0.4, -0.2) is 38.3 Å². The summed E-state index contributed by atoms with van der Waals surface area (Å²) in [6.45, 7) is 3.56. The Morgan fingerprint density at radius 2 is 1.89 bits per heavy atom. The summed E-state index contributed by atoms with van der Waals surface area (Å²) in [6.07, 6.45) is 5.51. The third-order valence-corrected chi connectivity index (χ3v) is 6.24. The molecule has 2 aromatic carbocycles. The Morgan fingerprint density at radius 1 is 1.07 bits per heavy atom. The van der Waals surface area contributed by atoms with E-state index in [4.69, 9.17) is 18.9 Å². The van der Waals surface area contributed by atoms with E-state index in [9.17, 15) is 0 Å². The molecule has 5 heteroatoms. The van der Waals surface area contributed by atoms with Crippen molar-refractivity contribution in [1.82, 2.24) is 0 Å². The minimum Gasteiger partial charge on any atom is -0.493 e. The van der Waals surface area contributed by atoms with Gasteiger partial charge in [0.1, 0.15) is 6.54 Å². The monoisotopic (exact) mass is 380 g/mol. The molecule has 28 heavy (non-hydrogen) atoms. The Bertz CT molecular complexity index is 966. The van der Waals surface area contributed by atoms with E-state index in [1.807, 2.05) is 6.07 Å². The molecule has 0 bridgehead atoms. The lowest BCUT2D eigenvalue weighted by Crippen LogP contribution is -2.36. The second-order valence-corrected chi connectivity index (χ2v) is 7.67. The molecule has 0 aliphatic carbocycles. The van der Waals surface area contributed by atoms with Crippen LogP contribution >= 0.6 is 0 Å². The molecule has 5 nitrogen and oxygen atoms in total. The van der Waals surface area contributed by atoms with Crippen molar-refractivity contribution in [2.24, 2.45) is 0 Å². The summed E-state index contributed by atoms with van der Waals surface area (Å²) < 4.78 is 25.1. The van der Waals surface area contributed by atoms with Crippen LogP contribution in [-0.2, 0) is 6.42 Å². The van der Waals surface area contributed by atoms with E-state index in [1.165, 1.54) is 16.7 Å². The Kier molecular flexibility index (Phi) is 4.18. The van der Waals surface area contributed by atoms with Crippen LogP contribution < -0.4 is 18.9 Å². The lowest BCUT2D eigenvalue weighted by Gasteiger charge is -2.34. The number of nitrogens with zero attached hydrogens (tertiary/aromatic N) is 1. The molecule has 2 atom stereocenters. The highest BCUT2D eigenvalue weighted by atomic mass is 16.7.